The molecule has 82 valence electrons. The lowest BCUT2D eigenvalue weighted by Crippen LogP contribution is -2.04. The molecule has 0 radical (unpaired) electrons. The molecule has 15 heavy (non-hydrogen) atoms. The summed E-state index contributed by atoms with van der Waals surface area (Å²) < 4.78 is 1.79. The molecule has 0 aliphatic carbocycles. The zero-order valence-electron chi connectivity index (χ0n) is 8.91. The Kier molecular flexibility index (Phi) is 4.15. The lowest BCUT2D eigenvalue weighted by atomic mass is 10.2. The average Bonchev–Trinajstić information content (AvgIpc) is 2.61. The highest BCUT2D eigenvalue weighted by Gasteiger charge is 2.10. The third kappa shape index (κ3) is 3.27. The molecule has 1 atom stereocenters. The van der Waals surface area contributed by atoms with Gasteiger partial charge in [-0.1, -0.05) is 19.0 Å². The normalized spacial score (nSPS) is 12.5. The van der Waals surface area contributed by atoms with Crippen LogP contribution in [0, 0.1) is 5.92 Å². The van der Waals surface area contributed by atoms with Gasteiger partial charge in [0.15, 0.2) is 0 Å². The number of nitrogens with zero attached hydrogens (tertiary/aromatic N) is 5. The molecule has 1 aromatic rings. The van der Waals surface area contributed by atoms with Crippen LogP contribution in [-0.4, -0.2) is 21.5 Å². The number of aliphatic hydroxyl groups excluding tert-OH is 1. The van der Waals surface area contributed by atoms with Crippen molar-refractivity contribution >= 4 is 0 Å². The minimum atomic E-state index is -0.532. The molecule has 0 fully saturated rings. The lowest BCUT2D eigenvalue weighted by Gasteiger charge is -2.05. The highest BCUT2D eigenvalue weighted by Crippen LogP contribution is 2.16. The molecule has 0 amide bonds. The van der Waals surface area contributed by atoms with Crippen LogP contribution >= 0.6 is 0 Å². The summed E-state index contributed by atoms with van der Waals surface area (Å²) in [4.78, 5) is 2.68. The summed E-state index contributed by atoms with van der Waals surface area (Å²) in [6.07, 6.45) is 3.42. The molecular weight excluding hydrogens is 194 g/mol. The van der Waals surface area contributed by atoms with Crippen LogP contribution in [0.2, 0.25) is 0 Å². The molecule has 1 rings (SSSR count). The van der Waals surface area contributed by atoms with Crippen molar-refractivity contribution in [1.82, 2.24) is 9.78 Å². The minimum Gasteiger partial charge on any atom is -0.396 e. The summed E-state index contributed by atoms with van der Waals surface area (Å²) in [6, 6.07) is -0.532. The van der Waals surface area contributed by atoms with E-state index in [4.69, 9.17) is 10.6 Å². The topological polar surface area (TPSA) is 86.8 Å². The summed E-state index contributed by atoms with van der Waals surface area (Å²) in [7, 11) is 0. The van der Waals surface area contributed by atoms with Gasteiger partial charge in [0.1, 0.15) is 0 Å². The van der Waals surface area contributed by atoms with E-state index in [9.17, 15) is 0 Å². The largest absolute Gasteiger partial charge is 0.396 e. The first-order valence-corrected chi connectivity index (χ1v) is 4.84. The Labute approximate surface area is 88.2 Å². The van der Waals surface area contributed by atoms with E-state index in [1.807, 2.05) is 0 Å². The van der Waals surface area contributed by atoms with Crippen molar-refractivity contribution in [3.8, 4) is 0 Å². The summed E-state index contributed by atoms with van der Waals surface area (Å²) in [5.74, 6) is 0.504. The van der Waals surface area contributed by atoms with Crippen molar-refractivity contribution in [2.75, 3.05) is 6.61 Å². The summed E-state index contributed by atoms with van der Waals surface area (Å²) in [5.41, 5.74) is 9.05. The Morgan fingerprint density at radius 2 is 2.40 bits per heavy atom. The van der Waals surface area contributed by atoms with Crippen LogP contribution in [0.1, 0.15) is 25.5 Å². The van der Waals surface area contributed by atoms with E-state index >= 15 is 0 Å². The van der Waals surface area contributed by atoms with E-state index in [2.05, 4.69) is 29.0 Å². The molecular formula is C9H15N5O. The summed E-state index contributed by atoms with van der Waals surface area (Å²) in [5, 5.41) is 16.6. The van der Waals surface area contributed by atoms with Crippen LogP contribution in [0.25, 0.3) is 10.4 Å². The molecule has 0 spiro atoms. The molecule has 0 aromatic carbocycles. The SMILES string of the molecule is CC(C)Cn1cc(C(CO)N=[N+]=[N-])cn1. The van der Waals surface area contributed by atoms with Gasteiger partial charge in [-0.25, -0.2) is 0 Å². The van der Waals surface area contributed by atoms with E-state index < -0.39 is 6.04 Å². The van der Waals surface area contributed by atoms with Gasteiger partial charge in [0, 0.05) is 23.2 Å². The maximum atomic E-state index is 9.00. The number of azide groups is 1. The molecule has 1 heterocycles. The molecule has 0 saturated heterocycles. The molecule has 6 heteroatoms. The first kappa shape index (κ1) is 11.6. The Bertz CT molecular complexity index is 353. The third-order valence-electron chi connectivity index (χ3n) is 1.95. The zero-order valence-corrected chi connectivity index (χ0v) is 8.91. The van der Waals surface area contributed by atoms with Crippen LogP contribution in [0.3, 0.4) is 0 Å². The van der Waals surface area contributed by atoms with Gasteiger partial charge in [0.05, 0.1) is 18.8 Å². The van der Waals surface area contributed by atoms with Crippen molar-refractivity contribution in [1.29, 1.82) is 0 Å². The van der Waals surface area contributed by atoms with Gasteiger partial charge in [-0.15, -0.1) is 0 Å². The van der Waals surface area contributed by atoms with Gasteiger partial charge in [0.25, 0.3) is 0 Å². The molecule has 0 aliphatic rings. The van der Waals surface area contributed by atoms with Gasteiger partial charge in [0.2, 0.25) is 0 Å². The molecule has 1 N–H and O–H groups in total. The quantitative estimate of drug-likeness (QED) is 0.456. The number of aromatic nitrogens is 2. The van der Waals surface area contributed by atoms with Crippen molar-refractivity contribution < 1.29 is 5.11 Å². The summed E-state index contributed by atoms with van der Waals surface area (Å²) in [6.45, 7) is 4.81. The summed E-state index contributed by atoms with van der Waals surface area (Å²) >= 11 is 0. The maximum Gasteiger partial charge on any atom is 0.0886 e. The second-order valence-corrected chi connectivity index (χ2v) is 3.79. The first-order chi connectivity index (χ1) is 7.17. The second kappa shape index (κ2) is 5.38. The molecule has 0 saturated carbocycles. The minimum absolute atomic E-state index is 0.197. The monoisotopic (exact) mass is 209 g/mol. The smallest absolute Gasteiger partial charge is 0.0886 e. The molecule has 0 bridgehead atoms. The van der Waals surface area contributed by atoms with Crippen molar-refractivity contribution in [3.05, 3.63) is 28.4 Å². The predicted octanol–water partition coefficient (Wildman–Crippen LogP) is 1.88. The van der Waals surface area contributed by atoms with E-state index in [-0.39, 0.29) is 6.61 Å². The van der Waals surface area contributed by atoms with Gasteiger partial charge < -0.3 is 5.11 Å². The maximum absolute atomic E-state index is 9.00. The Morgan fingerprint density at radius 3 is 2.93 bits per heavy atom. The van der Waals surface area contributed by atoms with Crippen molar-refractivity contribution in [3.63, 3.8) is 0 Å². The average molecular weight is 209 g/mol. The highest BCUT2D eigenvalue weighted by molar-refractivity contribution is 5.10. The fourth-order valence-corrected chi connectivity index (χ4v) is 1.30. The lowest BCUT2D eigenvalue weighted by molar-refractivity contribution is 0.268. The predicted molar refractivity (Wildman–Crippen MR) is 56.0 cm³/mol. The second-order valence-electron chi connectivity index (χ2n) is 3.79. The van der Waals surface area contributed by atoms with Crippen LogP contribution in [-0.2, 0) is 6.54 Å². The van der Waals surface area contributed by atoms with Crippen molar-refractivity contribution in [2.24, 2.45) is 11.0 Å². The molecule has 6 nitrogen and oxygen atoms in total. The van der Waals surface area contributed by atoms with E-state index in [1.54, 1.807) is 17.1 Å². The van der Waals surface area contributed by atoms with Crippen LogP contribution in [0.4, 0.5) is 0 Å². The van der Waals surface area contributed by atoms with Crippen molar-refractivity contribution in [2.45, 2.75) is 26.4 Å². The molecule has 1 aromatic heterocycles. The van der Waals surface area contributed by atoms with E-state index in [0.29, 0.717) is 5.92 Å². The standard InChI is InChI=1S/C9H15N5O/c1-7(2)4-14-5-8(3-11-14)9(6-15)12-13-10/h3,5,7,9,15H,4,6H2,1-2H3. The number of rotatable bonds is 5. The number of hydrogen-bond donors (Lipinski definition) is 1. The van der Waals surface area contributed by atoms with Crippen LogP contribution < -0.4 is 0 Å². The van der Waals surface area contributed by atoms with Gasteiger partial charge in [-0.05, 0) is 11.4 Å². The van der Waals surface area contributed by atoms with E-state index in [1.165, 1.54) is 0 Å². The fourth-order valence-electron chi connectivity index (χ4n) is 1.30. The number of hydrogen-bond acceptors (Lipinski definition) is 3. The third-order valence-corrected chi connectivity index (χ3v) is 1.95. The van der Waals surface area contributed by atoms with E-state index in [0.717, 1.165) is 12.1 Å². The van der Waals surface area contributed by atoms with Gasteiger partial charge in [-0.2, -0.15) is 5.10 Å². The zero-order chi connectivity index (χ0) is 11.3. The first-order valence-electron chi connectivity index (χ1n) is 4.84. The Hall–Kier alpha value is -1.52. The Balaban J connectivity index is 2.77. The highest BCUT2D eigenvalue weighted by atomic mass is 16.3. The molecule has 1 unspecified atom stereocenters. The van der Waals surface area contributed by atoms with Gasteiger partial charge in [-0.3, -0.25) is 4.68 Å². The Morgan fingerprint density at radius 1 is 1.67 bits per heavy atom. The molecule has 0 aliphatic heterocycles. The number of aliphatic hydroxyl groups is 1. The fraction of sp³-hybridized carbons (Fsp3) is 0.667. The van der Waals surface area contributed by atoms with Gasteiger partial charge >= 0.3 is 0 Å². The van der Waals surface area contributed by atoms with Crippen LogP contribution in [0.5, 0.6) is 0 Å². The van der Waals surface area contributed by atoms with Crippen LogP contribution in [0.15, 0.2) is 17.5 Å².